The Morgan fingerprint density at radius 3 is 2.51 bits per heavy atom. The summed E-state index contributed by atoms with van der Waals surface area (Å²) < 4.78 is 18.7. The number of aliphatic hydroxyl groups excluding tert-OH is 1. The lowest BCUT2D eigenvalue weighted by Crippen LogP contribution is -2.30. The van der Waals surface area contributed by atoms with Gasteiger partial charge in [0.1, 0.15) is 36.5 Å². The van der Waals surface area contributed by atoms with Crippen LogP contribution >= 0.6 is 11.6 Å². The summed E-state index contributed by atoms with van der Waals surface area (Å²) in [5.41, 5.74) is 6.44. The van der Waals surface area contributed by atoms with Crippen molar-refractivity contribution in [1.82, 2.24) is 14.8 Å². The molecule has 11 nitrogen and oxygen atoms in total. The van der Waals surface area contributed by atoms with Gasteiger partial charge in [-0.25, -0.2) is 0 Å². The number of hydrogen-bond acceptors (Lipinski definition) is 9. The van der Waals surface area contributed by atoms with E-state index in [9.17, 15) is 15.2 Å². The molecule has 2 N–H and O–H groups in total. The maximum Gasteiger partial charge on any atom is 0.290 e. The van der Waals surface area contributed by atoms with Crippen LogP contribution in [0.4, 0.5) is 0 Å². The molecule has 1 aromatic heterocycles. The second-order valence-electron chi connectivity index (χ2n) is 13.1. The van der Waals surface area contributed by atoms with E-state index in [1.165, 1.54) is 25.5 Å². The Hall–Kier alpha value is -5.15. The van der Waals surface area contributed by atoms with E-state index in [-0.39, 0.29) is 32.0 Å². The van der Waals surface area contributed by atoms with Crippen molar-refractivity contribution in [3.63, 3.8) is 0 Å². The van der Waals surface area contributed by atoms with E-state index in [1.54, 1.807) is 17.2 Å². The molecule has 3 heterocycles. The first-order chi connectivity index (χ1) is 25.8. The van der Waals surface area contributed by atoms with Gasteiger partial charge in [0.15, 0.2) is 0 Å². The number of benzene rings is 3. The fourth-order valence-corrected chi connectivity index (χ4v) is 6.78. The molecule has 0 bridgehead atoms. The standard InChI is InChI=1S/C40H43ClN4O5.CH2O2/c1-28-32(8-6-10-36(28)31-7-5-9-35(18-31)48-16-12-40(47)45-15-11-34(46)25-45)27-50-39-20-38(49-26-30-17-29(21-42)22-43-23-30)33(19-37(39)41)24-44-13-3-2-4-14-44;2-1-3/h5-10,17-20,22-23,34,46H,2-4,11-16,24-27H2,1H3;1H,(H,2,3). The number of hydrogen-bond donors (Lipinski definition) is 2. The Balaban J connectivity index is 0.00000175. The Kier molecular flexibility index (Phi) is 14.5. The minimum atomic E-state index is -0.428. The number of aromatic nitrogens is 1. The lowest BCUT2D eigenvalue weighted by molar-refractivity contribution is -0.131. The van der Waals surface area contributed by atoms with Crippen molar-refractivity contribution in [1.29, 1.82) is 5.26 Å². The van der Waals surface area contributed by atoms with Gasteiger partial charge in [-0.3, -0.25) is 19.5 Å². The summed E-state index contributed by atoms with van der Waals surface area (Å²) in [5.74, 6) is 1.92. The highest BCUT2D eigenvalue weighted by atomic mass is 35.5. The van der Waals surface area contributed by atoms with Crippen LogP contribution in [0, 0.1) is 18.3 Å². The van der Waals surface area contributed by atoms with Crippen LogP contribution in [0.25, 0.3) is 11.1 Å². The molecule has 0 radical (unpaired) electrons. The minimum absolute atomic E-state index is 0.000592. The Bertz CT molecular complexity index is 1890. The largest absolute Gasteiger partial charge is 0.493 e. The predicted octanol–water partition coefficient (Wildman–Crippen LogP) is 6.79. The third-order valence-corrected chi connectivity index (χ3v) is 9.65. The molecule has 2 aliphatic heterocycles. The molecule has 278 valence electrons. The van der Waals surface area contributed by atoms with Gasteiger partial charge in [0, 0.05) is 49.2 Å². The average molecular weight is 741 g/mol. The molecule has 2 saturated heterocycles. The topological polar surface area (TPSA) is 145 Å². The fourth-order valence-electron chi connectivity index (χ4n) is 6.54. The number of nitriles is 1. The first-order valence-electron chi connectivity index (χ1n) is 17.8. The number of pyridine rings is 1. The first-order valence-corrected chi connectivity index (χ1v) is 18.2. The summed E-state index contributed by atoms with van der Waals surface area (Å²) in [5, 5.41) is 26.4. The normalized spacial score (nSPS) is 15.5. The highest BCUT2D eigenvalue weighted by Gasteiger charge is 2.24. The molecule has 53 heavy (non-hydrogen) atoms. The van der Waals surface area contributed by atoms with Gasteiger partial charge in [-0.05, 0) is 85.8 Å². The maximum absolute atomic E-state index is 12.5. The molecule has 1 unspecified atom stereocenters. The smallest absolute Gasteiger partial charge is 0.290 e. The van der Waals surface area contributed by atoms with E-state index >= 15 is 0 Å². The van der Waals surface area contributed by atoms with Crippen LogP contribution in [0.3, 0.4) is 0 Å². The van der Waals surface area contributed by atoms with Gasteiger partial charge < -0.3 is 29.3 Å². The molecule has 2 fully saturated rings. The number of rotatable bonds is 13. The van der Waals surface area contributed by atoms with E-state index in [0.717, 1.165) is 53.0 Å². The van der Waals surface area contributed by atoms with Gasteiger partial charge in [-0.15, -0.1) is 0 Å². The third kappa shape index (κ3) is 11.2. The van der Waals surface area contributed by atoms with Crippen molar-refractivity contribution < 1.29 is 34.0 Å². The number of likely N-dealkylation sites (tertiary alicyclic amines) is 2. The Labute approximate surface area is 315 Å². The third-order valence-electron chi connectivity index (χ3n) is 9.35. The molecule has 1 atom stereocenters. The van der Waals surface area contributed by atoms with E-state index in [2.05, 4.69) is 28.9 Å². The molecule has 1 amide bonds. The second-order valence-corrected chi connectivity index (χ2v) is 13.5. The quantitative estimate of drug-likeness (QED) is 0.141. The monoisotopic (exact) mass is 740 g/mol. The summed E-state index contributed by atoms with van der Waals surface area (Å²) in [7, 11) is 0. The molecule has 4 aromatic rings. The zero-order chi connectivity index (χ0) is 37.6. The van der Waals surface area contributed by atoms with Crippen molar-refractivity contribution >= 4 is 24.0 Å². The van der Waals surface area contributed by atoms with Crippen LogP contribution in [0.5, 0.6) is 17.2 Å². The van der Waals surface area contributed by atoms with Crippen LogP contribution in [0.15, 0.2) is 73.1 Å². The Morgan fingerprint density at radius 2 is 1.75 bits per heavy atom. The van der Waals surface area contributed by atoms with E-state index < -0.39 is 6.10 Å². The molecule has 0 spiro atoms. The van der Waals surface area contributed by atoms with Crippen molar-refractivity contribution in [3.05, 3.63) is 106 Å². The predicted molar refractivity (Wildman–Crippen MR) is 201 cm³/mol. The molecule has 6 rings (SSSR count). The molecule has 2 aliphatic rings. The van der Waals surface area contributed by atoms with E-state index in [4.69, 9.17) is 35.7 Å². The van der Waals surface area contributed by atoms with E-state index in [0.29, 0.717) is 54.0 Å². The summed E-state index contributed by atoms with van der Waals surface area (Å²) >= 11 is 6.84. The van der Waals surface area contributed by atoms with Crippen LogP contribution in [0.1, 0.15) is 59.9 Å². The van der Waals surface area contributed by atoms with Crippen LogP contribution in [-0.4, -0.2) is 76.3 Å². The second kappa shape index (κ2) is 19.6. The summed E-state index contributed by atoms with van der Waals surface area (Å²) in [6, 6.07) is 21.7. The van der Waals surface area contributed by atoms with Crippen molar-refractivity contribution in [3.8, 4) is 34.4 Å². The van der Waals surface area contributed by atoms with Crippen LogP contribution < -0.4 is 14.2 Å². The van der Waals surface area contributed by atoms with Gasteiger partial charge in [0.2, 0.25) is 5.91 Å². The van der Waals surface area contributed by atoms with Crippen LogP contribution in [0.2, 0.25) is 5.02 Å². The summed E-state index contributed by atoms with van der Waals surface area (Å²) in [6.07, 6.45) is 7.33. The van der Waals surface area contributed by atoms with Gasteiger partial charge in [-0.1, -0.05) is 48.4 Å². The number of ether oxygens (including phenoxy) is 3. The molecule has 0 saturated carbocycles. The SMILES string of the molecule is Cc1c(COc2cc(OCc3cncc(C#N)c3)c(CN3CCCCC3)cc2Cl)cccc1-c1cccc(OCCC(=O)N2CCC(O)C2)c1.O=CO. The summed E-state index contributed by atoms with van der Waals surface area (Å²) in [4.78, 5) is 29.1. The molecule has 3 aromatic carbocycles. The number of amides is 1. The van der Waals surface area contributed by atoms with Crippen molar-refractivity contribution in [2.75, 3.05) is 32.8 Å². The average Bonchev–Trinajstić information content (AvgIpc) is 3.61. The number of β-amino-alcohol motifs (C(OH)–C–C–N with tert-alkyl or cyclic N) is 1. The lowest BCUT2D eigenvalue weighted by atomic mass is 9.96. The zero-order valence-electron chi connectivity index (χ0n) is 29.9. The number of nitrogens with zero attached hydrogens (tertiary/aromatic N) is 4. The van der Waals surface area contributed by atoms with Gasteiger partial charge >= 0.3 is 0 Å². The Morgan fingerprint density at radius 1 is 0.981 bits per heavy atom. The number of piperidine rings is 1. The van der Waals surface area contributed by atoms with Crippen molar-refractivity contribution in [2.24, 2.45) is 0 Å². The number of carboxylic acid groups (broad SMARTS) is 1. The van der Waals surface area contributed by atoms with Crippen molar-refractivity contribution in [2.45, 2.75) is 64.9 Å². The molecular weight excluding hydrogens is 696 g/mol. The van der Waals surface area contributed by atoms with Gasteiger partial charge in [0.25, 0.3) is 6.47 Å². The molecule has 12 heteroatoms. The van der Waals surface area contributed by atoms with E-state index in [1.807, 2.05) is 48.5 Å². The highest BCUT2D eigenvalue weighted by molar-refractivity contribution is 6.32. The number of halogens is 1. The lowest BCUT2D eigenvalue weighted by Gasteiger charge is -2.27. The maximum atomic E-state index is 12.5. The van der Waals surface area contributed by atoms with Crippen LogP contribution in [-0.2, 0) is 29.3 Å². The molecular formula is C41H45ClN4O7. The first kappa shape index (κ1) is 39.1. The minimum Gasteiger partial charge on any atom is -0.493 e. The van der Waals surface area contributed by atoms with Gasteiger partial charge in [-0.2, -0.15) is 5.26 Å². The summed E-state index contributed by atoms with van der Waals surface area (Å²) in [6.45, 7) is 6.47. The molecule has 0 aliphatic carbocycles. The number of aliphatic hydroxyl groups is 1. The number of carbonyl (C=O) groups is 2. The highest BCUT2D eigenvalue weighted by Crippen LogP contribution is 2.36. The van der Waals surface area contributed by atoms with Gasteiger partial charge in [0.05, 0.1) is 29.7 Å². The fraction of sp³-hybridized carbons (Fsp3) is 0.366. The zero-order valence-corrected chi connectivity index (χ0v) is 30.6. The number of carbonyl (C=O) groups excluding carboxylic acids is 1.